The molecule has 0 spiro atoms. The van der Waals surface area contributed by atoms with E-state index in [2.05, 4.69) is 41.4 Å². The van der Waals surface area contributed by atoms with Crippen molar-refractivity contribution in [1.82, 2.24) is 50.0 Å². The summed E-state index contributed by atoms with van der Waals surface area (Å²) in [5, 5.41) is 29.4. The molecule has 5 heterocycles. The lowest BCUT2D eigenvalue weighted by molar-refractivity contribution is -0.138. The van der Waals surface area contributed by atoms with Gasteiger partial charge in [0.25, 0.3) is 29.5 Å². The maximum absolute atomic E-state index is 14.0. The van der Waals surface area contributed by atoms with Crippen molar-refractivity contribution in [2.75, 3.05) is 18.5 Å². The molecule has 82 heavy (non-hydrogen) atoms. The molecule has 11 rings (SSSR count). The van der Waals surface area contributed by atoms with Crippen LogP contribution in [-0.2, 0) is 29.0 Å². The molecule has 5 amide bonds. The fourth-order valence-electron chi connectivity index (χ4n) is 10.8. The number of Topliss-reactive ketones (excluding diaryl/α,β-unsaturated/α-hetero) is 2. The van der Waals surface area contributed by atoms with Gasteiger partial charge in [0.1, 0.15) is 35.1 Å². The number of nitrogens with zero attached hydrogens (tertiary/aromatic N) is 7. The summed E-state index contributed by atoms with van der Waals surface area (Å²) in [7, 11) is 0. The van der Waals surface area contributed by atoms with Gasteiger partial charge in [-0.1, -0.05) is 36.4 Å². The van der Waals surface area contributed by atoms with Gasteiger partial charge in [0.2, 0.25) is 0 Å². The molecule has 0 saturated heterocycles. The topological polar surface area (TPSA) is 278 Å². The Morgan fingerprint density at radius 3 is 2.02 bits per heavy atom. The molecule has 0 bridgehead atoms. The number of carboxylic acids is 1. The number of ketones is 2. The van der Waals surface area contributed by atoms with Crippen LogP contribution in [0.4, 0.5) is 14.5 Å². The Hall–Kier alpha value is -10.1. The summed E-state index contributed by atoms with van der Waals surface area (Å²) in [4.78, 5) is 111. The van der Waals surface area contributed by atoms with E-state index in [9.17, 15) is 52.2 Å². The number of aromatic nitrogens is 6. The zero-order valence-corrected chi connectivity index (χ0v) is 44.9. The van der Waals surface area contributed by atoms with Crippen LogP contribution in [0.1, 0.15) is 159 Å². The van der Waals surface area contributed by atoms with Crippen LogP contribution in [0.3, 0.4) is 0 Å². The summed E-state index contributed by atoms with van der Waals surface area (Å²) in [6.07, 6.45) is 5.37. The Bertz CT molecular complexity index is 4010. The van der Waals surface area contributed by atoms with E-state index in [1.54, 1.807) is 37.3 Å². The molecule has 3 atom stereocenters. The predicted molar refractivity (Wildman–Crippen MR) is 291 cm³/mol. The van der Waals surface area contributed by atoms with E-state index >= 15 is 0 Å². The summed E-state index contributed by atoms with van der Waals surface area (Å²) in [5.41, 5.74) is 8.94. The quantitative estimate of drug-likeness (QED) is 0.0677. The van der Waals surface area contributed by atoms with E-state index < -0.39 is 54.0 Å². The summed E-state index contributed by atoms with van der Waals surface area (Å²) < 4.78 is 34.8. The minimum absolute atomic E-state index is 0.0168. The highest BCUT2D eigenvalue weighted by Gasteiger charge is 2.36. The molecule has 4 aromatic heterocycles. The van der Waals surface area contributed by atoms with Crippen LogP contribution in [0.5, 0.6) is 5.75 Å². The van der Waals surface area contributed by atoms with Crippen LogP contribution in [0.2, 0.25) is 0 Å². The monoisotopic (exact) mass is 1110 g/mol. The molecular weight excluding hydrogens is 1060 g/mol. The standard InChI is InChI=1S/C30H28N6O5.C29H25F2N5O5/c1-15-19(17(3)37)5-6-21-20(15)7-8-22(21)35-30(40)25-13-24(33-27-10-11-31-36(25)27)29(39)32-16(2)18-4-9-26-23(12-18)34-28(38)14-41-26;1-15-18(16(2)37)4-5-20-19(15)6-8-24(20)35(14-27(38)39)29(41)25-12-23(34-26-9-10-33-36(25)26)28(40)32-13-17-3-7-21(30)22(31)11-17/h4-6,9-13,16,22H,7-8,14H2,1-3H3,(H,32,39)(H,34,38)(H,35,40);3-5,7,9-12,24H,6,8,13-14H2,1-2H3,(H,32,40)(H,38,39)/t16?,22-;24-/m00/s1. The minimum Gasteiger partial charge on any atom is -0.482 e. The van der Waals surface area contributed by atoms with E-state index in [4.69, 9.17) is 4.74 Å². The number of carbonyl (C=O) groups excluding carboxylic acids is 7. The summed E-state index contributed by atoms with van der Waals surface area (Å²) in [6.45, 7) is 7.84. The summed E-state index contributed by atoms with van der Waals surface area (Å²) >= 11 is 0. The molecule has 5 N–H and O–H groups in total. The molecule has 21 nitrogen and oxygen atoms in total. The average Bonchev–Trinajstić information content (AvgIpc) is 3.92. The molecule has 2 aliphatic carbocycles. The summed E-state index contributed by atoms with van der Waals surface area (Å²) in [5.74, 6) is -5.25. The number of amides is 5. The fraction of sp³-hybridized carbons (Fsp3) is 0.254. The Morgan fingerprint density at radius 2 is 1.37 bits per heavy atom. The molecule has 4 aromatic carbocycles. The summed E-state index contributed by atoms with van der Waals surface area (Å²) in [6, 6.07) is 20.2. The van der Waals surface area contributed by atoms with Crippen LogP contribution in [-0.4, -0.2) is 99.4 Å². The first-order valence-corrected chi connectivity index (χ1v) is 26.1. The van der Waals surface area contributed by atoms with Crippen LogP contribution >= 0.6 is 0 Å². The van der Waals surface area contributed by atoms with E-state index in [0.717, 1.165) is 57.5 Å². The van der Waals surface area contributed by atoms with Crippen molar-refractivity contribution < 1.29 is 57.0 Å². The largest absolute Gasteiger partial charge is 0.482 e. The van der Waals surface area contributed by atoms with Crippen molar-refractivity contribution >= 4 is 64.1 Å². The van der Waals surface area contributed by atoms with Crippen molar-refractivity contribution in [3.05, 3.63) is 187 Å². The van der Waals surface area contributed by atoms with Gasteiger partial charge in [0, 0.05) is 41.9 Å². The third-order valence-corrected chi connectivity index (χ3v) is 14.9. The Labute approximate surface area is 466 Å². The number of anilines is 1. The number of fused-ring (bicyclic) bond motifs is 5. The maximum Gasteiger partial charge on any atom is 0.323 e. The van der Waals surface area contributed by atoms with Gasteiger partial charge in [-0.25, -0.2) is 27.8 Å². The minimum atomic E-state index is -1.22. The lowest BCUT2D eigenvalue weighted by Crippen LogP contribution is -2.39. The second-order valence-corrected chi connectivity index (χ2v) is 20.1. The van der Waals surface area contributed by atoms with Crippen LogP contribution in [0.15, 0.2) is 97.3 Å². The van der Waals surface area contributed by atoms with Gasteiger partial charge in [-0.15, -0.1) is 0 Å². The number of aliphatic carboxylic acids is 1. The number of hydrogen-bond donors (Lipinski definition) is 5. The Balaban J connectivity index is 0.000000184. The van der Waals surface area contributed by atoms with Crippen molar-refractivity contribution in [3.8, 4) is 5.75 Å². The lowest BCUT2D eigenvalue weighted by atomic mass is 9.95. The lowest BCUT2D eigenvalue weighted by Gasteiger charge is -2.29. The van der Waals surface area contributed by atoms with Crippen LogP contribution in [0.25, 0.3) is 11.3 Å². The highest BCUT2D eigenvalue weighted by atomic mass is 19.2. The SMILES string of the molecule is CC(=O)c1ccc2c(c1C)CC[C@@H]2N(CC(=O)O)C(=O)c1cc(C(=O)NCc2ccc(F)c(F)c2)nc2ccnn12.CC(=O)c1ccc2c(c1C)CC[C@@H]2NC(=O)c1cc(C(=O)NC(C)c2ccc3c(c2)NC(=O)CO3)nc2ccnn12. The number of carbonyl (C=O) groups is 8. The first kappa shape index (κ1) is 55.3. The number of nitrogens with one attached hydrogen (secondary N) is 4. The highest BCUT2D eigenvalue weighted by Crippen LogP contribution is 2.40. The fourth-order valence-corrected chi connectivity index (χ4v) is 10.8. The number of carboxylic acid groups (broad SMARTS) is 1. The molecule has 418 valence electrons. The highest BCUT2D eigenvalue weighted by molar-refractivity contribution is 6.01. The van der Waals surface area contributed by atoms with Gasteiger partial charge in [-0.3, -0.25) is 38.4 Å². The zero-order chi connectivity index (χ0) is 58.3. The number of rotatable bonds is 14. The van der Waals surface area contributed by atoms with Crippen molar-refractivity contribution in [2.45, 2.75) is 85.0 Å². The second-order valence-electron chi connectivity index (χ2n) is 20.1. The molecule has 3 aliphatic rings. The Morgan fingerprint density at radius 1 is 0.744 bits per heavy atom. The molecule has 0 fully saturated rings. The Kier molecular flexibility index (Phi) is 15.2. The predicted octanol–water partition coefficient (Wildman–Crippen LogP) is 7.14. The van der Waals surface area contributed by atoms with Crippen molar-refractivity contribution in [3.63, 3.8) is 0 Å². The smallest absolute Gasteiger partial charge is 0.323 e. The van der Waals surface area contributed by atoms with Gasteiger partial charge in [-0.2, -0.15) is 10.2 Å². The molecule has 0 radical (unpaired) electrons. The number of ether oxygens (including phenoxy) is 1. The van der Waals surface area contributed by atoms with E-state index in [1.807, 2.05) is 39.0 Å². The number of halogens is 2. The number of benzene rings is 4. The van der Waals surface area contributed by atoms with Gasteiger partial charge < -0.3 is 36.0 Å². The van der Waals surface area contributed by atoms with Crippen LogP contribution < -0.4 is 26.0 Å². The van der Waals surface area contributed by atoms with E-state index in [-0.39, 0.29) is 71.0 Å². The molecule has 0 saturated carbocycles. The molecule has 23 heteroatoms. The number of hydrogen-bond acceptors (Lipinski definition) is 13. The third-order valence-electron chi connectivity index (χ3n) is 14.9. The molecule has 1 aliphatic heterocycles. The zero-order valence-electron chi connectivity index (χ0n) is 44.9. The molecular formula is C59H53F2N11O10. The van der Waals surface area contributed by atoms with E-state index in [1.165, 1.54) is 57.5 Å². The molecule has 8 aromatic rings. The average molecular weight is 1110 g/mol. The third kappa shape index (κ3) is 11.0. The molecule has 1 unspecified atom stereocenters. The van der Waals surface area contributed by atoms with Gasteiger partial charge in [0.15, 0.2) is 41.1 Å². The van der Waals surface area contributed by atoms with Crippen molar-refractivity contribution in [2.24, 2.45) is 0 Å². The maximum atomic E-state index is 14.0. The second kappa shape index (κ2) is 22.6. The van der Waals surface area contributed by atoms with E-state index in [0.29, 0.717) is 53.0 Å². The van der Waals surface area contributed by atoms with Crippen LogP contribution in [0, 0.1) is 25.5 Å². The first-order valence-electron chi connectivity index (χ1n) is 26.1. The first-order chi connectivity index (χ1) is 39.2. The normalized spacial score (nSPS) is 15.2. The van der Waals surface area contributed by atoms with Gasteiger partial charge >= 0.3 is 5.97 Å². The van der Waals surface area contributed by atoms with Gasteiger partial charge in [-0.05, 0) is 129 Å². The van der Waals surface area contributed by atoms with Gasteiger partial charge in [0.05, 0.1) is 36.2 Å². The van der Waals surface area contributed by atoms with Crippen molar-refractivity contribution in [1.29, 1.82) is 0 Å².